The maximum Gasteiger partial charge on any atom is 0.408 e. The van der Waals surface area contributed by atoms with Crippen molar-refractivity contribution in [2.45, 2.75) is 232 Å². The van der Waals surface area contributed by atoms with Crippen LogP contribution in [0.25, 0.3) is 0 Å². The third-order valence-electron chi connectivity index (χ3n) is 16.6. The monoisotopic (exact) mass is 1020 g/mol. The fourth-order valence-electron chi connectivity index (χ4n) is 12.0. The normalized spacial score (nSPS) is 34.7. The summed E-state index contributed by atoms with van der Waals surface area (Å²) in [6, 6.07) is 2.99. The number of Topliss-reactive ketones (excluding diaryl/α,β-unsaturated/α-hetero) is 1. The lowest BCUT2D eigenvalue weighted by atomic mass is 9.44. The second-order valence-corrected chi connectivity index (χ2v) is 31.3. The van der Waals surface area contributed by atoms with Crippen molar-refractivity contribution >= 4 is 52.4 Å². The maximum absolute atomic E-state index is 16.4. The Morgan fingerprint density at radius 3 is 1.99 bits per heavy atom. The molecule has 1 saturated heterocycles. The maximum atomic E-state index is 16.4. The van der Waals surface area contributed by atoms with E-state index in [0.29, 0.717) is 48.3 Å². The van der Waals surface area contributed by atoms with Crippen molar-refractivity contribution in [3.05, 3.63) is 35.5 Å². The van der Waals surface area contributed by atoms with Gasteiger partial charge in [-0.25, -0.2) is 9.59 Å². The fraction of sp³-hybridized carbons (Fsp3) is 0.769. The first-order valence-electron chi connectivity index (χ1n) is 25.7. The van der Waals surface area contributed by atoms with Crippen LogP contribution in [0.3, 0.4) is 0 Å². The van der Waals surface area contributed by atoms with Crippen LogP contribution in [0.1, 0.15) is 136 Å². The highest BCUT2D eigenvalue weighted by Crippen LogP contribution is 2.65. The van der Waals surface area contributed by atoms with Gasteiger partial charge in [-0.1, -0.05) is 79.7 Å². The number of aliphatic hydroxyl groups is 1. The van der Waals surface area contributed by atoms with Crippen LogP contribution >= 0.6 is 0 Å². The van der Waals surface area contributed by atoms with Gasteiger partial charge in [0.05, 0.1) is 30.1 Å². The van der Waals surface area contributed by atoms with Crippen LogP contribution < -0.4 is 5.32 Å². The summed E-state index contributed by atoms with van der Waals surface area (Å²) < 4.78 is 52.2. The van der Waals surface area contributed by atoms with E-state index in [1.807, 2.05) is 32.9 Å². The second kappa shape index (κ2) is 21.8. The average molecular weight is 1020 g/mol. The molecule has 2 aliphatic heterocycles. The van der Waals surface area contributed by atoms with Gasteiger partial charge in [0.15, 0.2) is 40.2 Å². The van der Waals surface area contributed by atoms with Gasteiger partial charge in [-0.3, -0.25) is 19.2 Å². The SMILES string of the molecule is CC[Si](CC)(CC)O[C@H]1C[C@H]2OC[C@@]2(OC(C)=O)[C@H]2[C@@H]3OC(=O)CC/C=C\C/C=C\C(NC(=O)OC(C)(C)C)[C@@H](O[Si](CC)(CC)CC)C(=O)O[C@H]4C[C@]3(O)C(C)(C)C(=C4C)[C@@H](OC(C)=O)C(=O)[C@]12C. The molecule has 11 atom stereocenters. The molecule has 0 aromatic carbocycles. The molecule has 0 aromatic heterocycles. The van der Waals surface area contributed by atoms with E-state index in [1.54, 1.807) is 60.6 Å². The largest absolute Gasteiger partial charge is 0.459 e. The number of rotatable bonds is 13. The first-order valence-corrected chi connectivity index (χ1v) is 30.7. The van der Waals surface area contributed by atoms with Crippen molar-refractivity contribution < 1.29 is 71.1 Å². The molecule has 18 heteroatoms. The number of fused-ring (bicyclic) bond motifs is 6. The lowest BCUT2D eigenvalue weighted by Crippen LogP contribution is -2.82. The molecular formula is C52H83NO15Si2. The fourth-order valence-corrected chi connectivity index (χ4v) is 17.8. The molecular weight excluding hydrogens is 935 g/mol. The van der Waals surface area contributed by atoms with Gasteiger partial charge in [0.2, 0.25) is 0 Å². The first-order chi connectivity index (χ1) is 32.6. The molecule has 0 spiro atoms. The second-order valence-electron chi connectivity index (χ2n) is 21.9. The van der Waals surface area contributed by atoms with Crippen LogP contribution in [-0.4, -0.2) is 124 Å². The van der Waals surface area contributed by atoms with Crippen molar-refractivity contribution in [2.75, 3.05) is 6.61 Å². The van der Waals surface area contributed by atoms with Crippen LogP contribution in [0.5, 0.6) is 0 Å². The van der Waals surface area contributed by atoms with Crippen LogP contribution in [-0.2, 0) is 61.2 Å². The molecule has 3 fully saturated rings. The van der Waals surface area contributed by atoms with Crippen molar-refractivity contribution in [3.8, 4) is 0 Å². The standard InChI is InChI=1S/C52H83NO15Si2/c1-16-69(17-2,18-3)67-37-29-38-51(31-61-38,65-34(9)55)43-45-52(60)30-36(32(7)40(49(52,13)14)42(62-33(8)54)44(57)50(37,43)15)63-46(58)41(68-70(19-4,20-5)21-6)35(53-47(59)66-48(10,11)12)27-25-23-22-24-26-28-39(56)64-45/h22,24-25,27,35-38,41-43,45,60H,16-21,23,26,28-31H2,1-15H3,(H,53,59)/b24-22-,27-25-/t35?,36-,37-,38+,41+,42+,43-,45-,50+,51-,52+/m0/s1. The molecule has 1 amide bonds. The minimum Gasteiger partial charge on any atom is -0.459 e. The molecule has 5 aliphatic rings. The van der Waals surface area contributed by atoms with Crippen LogP contribution in [0, 0.1) is 16.7 Å². The van der Waals surface area contributed by atoms with E-state index in [0.717, 1.165) is 0 Å². The minimum absolute atomic E-state index is 0.116. The van der Waals surface area contributed by atoms with E-state index >= 15 is 9.59 Å². The Kier molecular flexibility index (Phi) is 17.8. The van der Waals surface area contributed by atoms with Gasteiger partial charge in [-0.15, -0.1) is 0 Å². The van der Waals surface area contributed by atoms with E-state index < -0.39 is 129 Å². The van der Waals surface area contributed by atoms with Gasteiger partial charge in [0.1, 0.15) is 29.5 Å². The zero-order valence-corrected chi connectivity index (χ0v) is 46.6. The molecule has 3 bridgehead atoms. The molecule has 2 heterocycles. The van der Waals surface area contributed by atoms with Crippen LogP contribution in [0.2, 0.25) is 36.3 Å². The molecule has 0 aromatic rings. The predicted molar refractivity (Wildman–Crippen MR) is 266 cm³/mol. The first kappa shape index (κ1) is 57.2. The number of carbonyl (C=O) groups is 6. The predicted octanol–water partition coefficient (Wildman–Crippen LogP) is 8.50. The van der Waals surface area contributed by atoms with Gasteiger partial charge in [-0.2, -0.15) is 0 Å². The Labute approximate surface area is 417 Å². The summed E-state index contributed by atoms with van der Waals surface area (Å²) in [4.78, 5) is 86.7. The summed E-state index contributed by atoms with van der Waals surface area (Å²) in [6.45, 7) is 26.4. The quantitative estimate of drug-likeness (QED) is 0.0767. The Morgan fingerprint density at radius 2 is 1.46 bits per heavy atom. The Balaban J connectivity index is 1.87. The zero-order chi connectivity index (χ0) is 52.4. The van der Waals surface area contributed by atoms with E-state index in [1.165, 1.54) is 13.8 Å². The summed E-state index contributed by atoms with van der Waals surface area (Å²) in [5.41, 5.74) is -7.60. The van der Waals surface area contributed by atoms with Gasteiger partial charge >= 0.3 is 30.0 Å². The number of amides is 1. The highest BCUT2D eigenvalue weighted by Gasteiger charge is 2.79. The summed E-state index contributed by atoms with van der Waals surface area (Å²) in [6.07, 6.45) is -1.35. The summed E-state index contributed by atoms with van der Waals surface area (Å²) in [7, 11) is -5.30. The Morgan fingerprint density at radius 1 is 0.857 bits per heavy atom. The lowest BCUT2D eigenvalue weighted by molar-refractivity contribution is -0.346. The van der Waals surface area contributed by atoms with Gasteiger partial charge < -0.3 is 47.7 Å². The molecule has 0 radical (unpaired) electrons. The lowest BCUT2D eigenvalue weighted by Gasteiger charge is -2.68. The van der Waals surface area contributed by atoms with E-state index in [9.17, 15) is 24.3 Å². The van der Waals surface area contributed by atoms with Crippen LogP contribution in [0.15, 0.2) is 35.5 Å². The molecule has 16 nitrogen and oxygen atoms in total. The Bertz CT molecular complexity index is 2050. The van der Waals surface area contributed by atoms with Gasteiger partial charge in [0.25, 0.3) is 0 Å². The molecule has 2 N–H and O–H groups in total. The third-order valence-corrected chi connectivity index (χ3v) is 25.9. The highest BCUT2D eigenvalue weighted by atomic mass is 28.4. The number of hydrogen-bond donors (Lipinski definition) is 2. The summed E-state index contributed by atoms with van der Waals surface area (Å²) >= 11 is 0. The topological polar surface area (TPSA) is 209 Å². The summed E-state index contributed by atoms with van der Waals surface area (Å²) in [5.74, 6) is -4.99. The smallest absolute Gasteiger partial charge is 0.408 e. The third kappa shape index (κ3) is 10.8. The number of hydrogen-bond acceptors (Lipinski definition) is 15. The summed E-state index contributed by atoms with van der Waals surface area (Å²) in [5, 5.41) is 17.1. The van der Waals surface area contributed by atoms with E-state index in [4.69, 9.17) is 37.3 Å². The number of ether oxygens (including phenoxy) is 6. The minimum atomic E-state index is -2.69. The van der Waals surface area contributed by atoms with Crippen molar-refractivity contribution in [2.24, 2.45) is 16.7 Å². The number of allylic oxidation sites excluding steroid dienone is 3. The molecule has 5 rings (SSSR count). The van der Waals surface area contributed by atoms with E-state index in [2.05, 4.69) is 26.1 Å². The number of carbonyl (C=O) groups excluding carboxylic acids is 6. The van der Waals surface area contributed by atoms with E-state index in [-0.39, 0.29) is 37.9 Å². The van der Waals surface area contributed by atoms with Gasteiger partial charge in [-0.05, 0) is 94.9 Å². The molecule has 394 valence electrons. The number of ketones is 1. The van der Waals surface area contributed by atoms with Gasteiger partial charge in [0, 0.05) is 38.5 Å². The molecule has 1 unspecified atom stereocenters. The highest BCUT2D eigenvalue weighted by molar-refractivity contribution is 6.74. The van der Waals surface area contributed by atoms with Crippen molar-refractivity contribution in [1.29, 1.82) is 0 Å². The number of alkyl carbamates (subject to hydrolysis) is 1. The molecule has 70 heavy (non-hydrogen) atoms. The zero-order valence-electron chi connectivity index (χ0n) is 44.6. The molecule has 2 saturated carbocycles. The van der Waals surface area contributed by atoms with Crippen molar-refractivity contribution in [3.63, 3.8) is 0 Å². The van der Waals surface area contributed by atoms with Crippen molar-refractivity contribution in [1.82, 2.24) is 5.32 Å². The van der Waals surface area contributed by atoms with Crippen LogP contribution in [0.4, 0.5) is 4.79 Å². The number of nitrogens with one attached hydrogen (secondary N) is 1. The number of esters is 4. The average Bonchev–Trinajstić information content (AvgIpc) is 3.27. The molecule has 3 aliphatic carbocycles. The Hall–Kier alpha value is -3.69.